The number of aromatic carboxylic acids is 1. The molecule has 29 heavy (non-hydrogen) atoms. The van der Waals surface area contributed by atoms with Crippen molar-refractivity contribution in [3.63, 3.8) is 0 Å². The van der Waals surface area contributed by atoms with Gasteiger partial charge in [-0.1, -0.05) is 35.9 Å². The van der Waals surface area contributed by atoms with Gasteiger partial charge < -0.3 is 5.11 Å². The first kappa shape index (κ1) is 18.9. The Bertz CT molecular complexity index is 1220. The molecule has 2 heterocycles. The van der Waals surface area contributed by atoms with E-state index in [1.54, 1.807) is 24.3 Å². The van der Waals surface area contributed by atoms with Crippen LogP contribution in [0.5, 0.6) is 0 Å². The number of aromatic nitrogens is 3. The van der Waals surface area contributed by atoms with Crippen LogP contribution >= 0.6 is 11.6 Å². The van der Waals surface area contributed by atoms with Gasteiger partial charge in [0.25, 0.3) is 0 Å². The summed E-state index contributed by atoms with van der Waals surface area (Å²) in [5.74, 6) is -1.21. The lowest BCUT2D eigenvalue weighted by molar-refractivity contribution is -0.137. The molecule has 9 heteroatoms. The summed E-state index contributed by atoms with van der Waals surface area (Å²) in [7, 11) is 0. The Morgan fingerprint density at radius 2 is 1.62 bits per heavy atom. The third-order valence-electron chi connectivity index (χ3n) is 4.40. The van der Waals surface area contributed by atoms with Gasteiger partial charge in [-0.25, -0.2) is 9.78 Å². The molecule has 0 saturated carbocycles. The van der Waals surface area contributed by atoms with Gasteiger partial charge in [-0.2, -0.15) is 18.3 Å². The van der Waals surface area contributed by atoms with Crippen molar-refractivity contribution >= 4 is 28.6 Å². The van der Waals surface area contributed by atoms with Crippen molar-refractivity contribution in [2.24, 2.45) is 0 Å². The Morgan fingerprint density at radius 1 is 1.00 bits per heavy atom. The predicted molar refractivity (Wildman–Crippen MR) is 102 cm³/mol. The van der Waals surface area contributed by atoms with E-state index in [0.29, 0.717) is 27.2 Å². The van der Waals surface area contributed by atoms with Gasteiger partial charge in [-0.3, -0.25) is 5.10 Å². The van der Waals surface area contributed by atoms with Crippen LogP contribution in [-0.4, -0.2) is 26.3 Å². The van der Waals surface area contributed by atoms with Gasteiger partial charge in [0.15, 0.2) is 5.65 Å². The van der Waals surface area contributed by atoms with E-state index in [4.69, 9.17) is 11.6 Å². The first-order valence-electron chi connectivity index (χ1n) is 8.30. The number of carboxylic acid groups (broad SMARTS) is 1. The fraction of sp³-hybridized carbons (Fsp3) is 0.0500. The quantitative estimate of drug-likeness (QED) is 0.450. The highest BCUT2D eigenvalue weighted by atomic mass is 35.5. The van der Waals surface area contributed by atoms with E-state index in [9.17, 15) is 23.1 Å². The molecule has 2 aromatic carbocycles. The lowest BCUT2D eigenvalue weighted by Gasteiger charge is -2.08. The fourth-order valence-corrected chi connectivity index (χ4v) is 3.12. The molecule has 0 fully saturated rings. The standard InChI is InChI=1S/C20H11ClF3N3O2/c21-13-7-3-11(4-8-13)17-16-14(19(28)29)9-15(25-18(16)27-26-17)10-1-5-12(6-2-10)20(22,23)24/h1-9H,(H,28,29)(H,25,26,27). The van der Waals surface area contributed by atoms with Crippen LogP contribution in [0, 0.1) is 0 Å². The van der Waals surface area contributed by atoms with E-state index in [1.165, 1.54) is 18.2 Å². The molecule has 4 rings (SSSR count). The van der Waals surface area contributed by atoms with E-state index in [1.807, 2.05) is 0 Å². The van der Waals surface area contributed by atoms with E-state index in [2.05, 4.69) is 15.2 Å². The minimum Gasteiger partial charge on any atom is -0.478 e. The smallest absolute Gasteiger partial charge is 0.416 e. The summed E-state index contributed by atoms with van der Waals surface area (Å²) in [6.45, 7) is 0. The van der Waals surface area contributed by atoms with Crippen LogP contribution in [0.1, 0.15) is 15.9 Å². The number of H-pyrrole nitrogens is 1. The summed E-state index contributed by atoms with van der Waals surface area (Å²) in [5.41, 5.74) is 0.958. The number of hydrogen-bond acceptors (Lipinski definition) is 3. The van der Waals surface area contributed by atoms with Gasteiger partial charge in [0.2, 0.25) is 0 Å². The number of nitrogens with one attached hydrogen (secondary N) is 1. The summed E-state index contributed by atoms with van der Waals surface area (Å²) in [6, 6.07) is 12.4. The number of alkyl halides is 3. The molecule has 0 radical (unpaired) electrons. The summed E-state index contributed by atoms with van der Waals surface area (Å²) >= 11 is 5.90. The molecule has 0 aliphatic rings. The maximum absolute atomic E-state index is 12.8. The van der Waals surface area contributed by atoms with Gasteiger partial charge in [-0.15, -0.1) is 0 Å². The zero-order valence-corrected chi connectivity index (χ0v) is 15.2. The largest absolute Gasteiger partial charge is 0.478 e. The summed E-state index contributed by atoms with van der Waals surface area (Å²) in [6.07, 6.45) is -4.46. The number of carbonyl (C=O) groups is 1. The Kier molecular flexibility index (Phi) is 4.50. The number of fused-ring (bicyclic) bond motifs is 1. The SMILES string of the molecule is O=C(O)c1cc(-c2ccc(C(F)(F)F)cc2)nc2n[nH]c(-c3ccc(Cl)cc3)c12. The van der Waals surface area contributed by atoms with Crippen molar-refractivity contribution in [1.82, 2.24) is 15.2 Å². The Morgan fingerprint density at radius 3 is 2.21 bits per heavy atom. The Balaban J connectivity index is 1.86. The van der Waals surface area contributed by atoms with Gasteiger partial charge >= 0.3 is 12.1 Å². The highest BCUT2D eigenvalue weighted by Gasteiger charge is 2.30. The first-order valence-corrected chi connectivity index (χ1v) is 8.68. The molecular formula is C20H11ClF3N3O2. The van der Waals surface area contributed by atoms with Crippen LogP contribution in [0.25, 0.3) is 33.5 Å². The third-order valence-corrected chi connectivity index (χ3v) is 4.65. The van der Waals surface area contributed by atoms with Crippen molar-refractivity contribution in [2.45, 2.75) is 6.18 Å². The summed E-state index contributed by atoms with van der Waals surface area (Å²) in [4.78, 5) is 16.2. The van der Waals surface area contributed by atoms with E-state index in [-0.39, 0.29) is 16.9 Å². The van der Waals surface area contributed by atoms with Crippen LogP contribution in [0.2, 0.25) is 5.02 Å². The number of benzene rings is 2. The monoisotopic (exact) mass is 417 g/mol. The zero-order valence-electron chi connectivity index (χ0n) is 14.5. The normalized spacial score (nSPS) is 11.7. The maximum Gasteiger partial charge on any atom is 0.416 e. The summed E-state index contributed by atoms with van der Waals surface area (Å²) < 4.78 is 38.3. The van der Waals surface area contributed by atoms with Gasteiger partial charge in [-0.05, 0) is 30.3 Å². The number of halogens is 4. The minimum absolute atomic E-state index is 0.0661. The molecule has 4 aromatic rings. The second-order valence-corrected chi connectivity index (χ2v) is 6.68. The first-order chi connectivity index (χ1) is 13.7. The molecule has 0 unspecified atom stereocenters. The van der Waals surface area contributed by atoms with Crippen LogP contribution in [0.15, 0.2) is 54.6 Å². The van der Waals surface area contributed by atoms with Gasteiger partial charge in [0, 0.05) is 16.1 Å². The van der Waals surface area contributed by atoms with Crippen molar-refractivity contribution in [3.05, 3.63) is 70.7 Å². The molecule has 0 amide bonds. The topological polar surface area (TPSA) is 78.9 Å². The molecule has 0 bridgehead atoms. The fourth-order valence-electron chi connectivity index (χ4n) is 3.00. The second-order valence-electron chi connectivity index (χ2n) is 6.24. The van der Waals surface area contributed by atoms with Gasteiger partial charge in [0.1, 0.15) is 0 Å². The Hall–Kier alpha value is -3.39. The number of pyridine rings is 1. The van der Waals surface area contributed by atoms with Crippen molar-refractivity contribution < 1.29 is 23.1 Å². The second kappa shape index (κ2) is 6.89. The van der Waals surface area contributed by atoms with E-state index < -0.39 is 17.7 Å². The minimum atomic E-state index is -4.46. The number of hydrogen-bond donors (Lipinski definition) is 2. The molecular weight excluding hydrogens is 407 g/mol. The summed E-state index contributed by atoms with van der Waals surface area (Å²) in [5, 5.41) is 17.4. The molecule has 0 aliphatic heterocycles. The molecule has 2 N–H and O–H groups in total. The van der Waals surface area contributed by atoms with Crippen molar-refractivity contribution in [2.75, 3.05) is 0 Å². The highest BCUT2D eigenvalue weighted by Crippen LogP contribution is 2.34. The van der Waals surface area contributed by atoms with Crippen LogP contribution in [-0.2, 0) is 6.18 Å². The molecule has 146 valence electrons. The number of carboxylic acids is 1. The molecule has 0 spiro atoms. The average Bonchev–Trinajstić information content (AvgIpc) is 3.11. The molecule has 2 aromatic heterocycles. The van der Waals surface area contributed by atoms with E-state index in [0.717, 1.165) is 12.1 Å². The molecule has 0 saturated heterocycles. The van der Waals surface area contributed by atoms with Crippen molar-refractivity contribution in [1.29, 1.82) is 0 Å². The van der Waals surface area contributed by atoms with Crippen LogP contribution in [0.3, 0.4) is 0 Å². The van der Waals surface area contributed by atoms with Crippen LogP contribution < -0.4 is 0 Å². The number of rotatable bonds is 3. The average molecular weight is 418 g/mol. The molecule has 0 aliphatic carbocycles. The van der Waals surface area contributed by atoms with E-state index >= 15 is 0 Å². The van der Waals surface area contributed by atoms with Gasteiger partial charge in [0.05, 0.1) is 27.9 Å². The maximum atomic E-state index is 12.8. The molecule has 5 nitrogen and oxygen atoms in total. The lowest BCUT2D eigenvalue weighted by Crippen LogP contribution is -2.04. The van der Waals surface area contributed by atoms with Crippen LogP contribution in [0.4, 0.5) is 13.2 Å². The number of nitrogens with zero attached hydrogens (tertiary/aromatic N) is 2. The third kappa shape index (κ3) is 3.54. The highest BCUT2D eigenvalue weighted by molar-refractivity contribution is 6.30. The zero-order chi connectivity index (χ0) is 20.8. The molecule has 0 atom stereocenters. The van der Waals surface area contributed by atoms with Crippen molar-refractivity contribution in [3.8, 4) is 22.5 Å². The lowest BCUT2D eigenvalue weighted by atomic mass is 10.0. The Labute approximate surface area is 166 Å². The number of aromatic amines is 1. The predicted octanol–water partition coefficient (Wildman–Crippen LogP) is 5.66.